The number of benzene rings is 1. The molecule has 0 spiro atoms. The summed E-state index contributed by atoms with van der Waals surface area (Å²) >= 11 is 0. The van der Waals surface area contributed by atoms with Crippen LogP contribution in [0.4, 0.5) is 17.3 Å². The fourth-order valence-electron chi connectivity index (χ4n) is 4.35. The minimum absolute atomic E-state index is 0.307. The molecule has 10 heteroatoms. The molecule has 0 atom stereocenters. The van der Waals surface area contributed by atoms with Gasteiger partial charge in [-0.15, -0.1) is 0 Å². The van der Waals surface area contributed by atoms with E-state index in [1.165, 1.54) is 5.56 Å². The van der Waals surface area contributed by atoms with E-state index in [0.717, 1.165) is 89.4 Å². The van der Waals surface area contributed by atoms with Crippen molar-refractivity contribution in [2.45, 2.75) is 6.54 Å². The number of hydrogen-bond acceptors (Lipinski definition) is 10. The third kappa shape index (κ3) is 4.82. The van der Waals surface area contributed by atoms with Gasteiger partial charge in [-0.05, 0) is 17.7 Å². The van der Waals surface area contributed by atoms with E-state index in [2.05, 4.69) is 42.1 Å². The minimum atomic E-state index is 0.307. The van der Waals surface area contributed by atoms with Crippen LogP contribution in [0.3, 0.4) is 0 Å². The molecule has 32 heavy (non-hydrogen) atoms. The molecule has 1 aromatic carbocycles. The number of aromatic nitrogens is 2. The van der Waals surface area contributed by atoms with E-state index in [-0.39, 0.29) is 0 Å². The molecular formula is C22H31N7O3. The Bertz CT molecular complexity index is 914. The first-order valence-corrected chi connectivity index (χ1v) is 11.3. The van der Waals surface area contributed by atoms with E-state index in [1.54, 1.807) is 6.33 Å². The summed E-state index contributed by atoms with van der Waals surface area (Å²) < 4.78 is 16.3. The fraction of sp³-hybridized carbons (Fsp3) is 0.545. The highest BCUT2D eigenvalue weighted by Crippen LogP contribution is 2.33. The van der Waals surface area contributed by atoms with Crippen molar-refractivity contribution >= 4 is 17.3 Å². The number of nitrogens with one attached hydrogen (secondary N) is 1. The molecule has 4 heterocycles. The number of anilines is 3. The number of fused-ring (bicyclic) bond motifs is 1. The molecule has 0 aliphatic carbocycles. The van der Waals surface area contributed by atoms with Crippen LogP contribution in [0.25, 0.3) is 0 Å². The average Bonchev–Trinajstić information content (AvgIpc) is 3.30. The zero-order chi connectivity index (χ0) is 21.8. The Balaban J connectivity index is 1.13. The maximum Gasteiger partial charge on any atom is 0.231 e. The molecule has 5 rings (SSSR count). The van der Waals surface area contributed by atoms with Gasteiger partial charge in [-0.1, -0.05) is 6.07 Å². The predicted molar refractivity (Wildman–Crippen MR) is 122 cm³/mol. The fourth-order valence-corrected chi connectivity index (χ4v) is 4.35. The highest BCUT2D eigenvalue weighted by atomic mass is 16.7. The Morgan fingerprint density at radius 1 is 0.938 bits per heavy atom. The lowest BCUT2D eigenvalue weighted by Gasteiger charge is -2.36. The molecule has 172 valence electrons. The first-order valence-electron chi connectivity index (χ1n) is 11.3. The number of nitrogen functional groups attached to an aromatic ring is 1. The van der Waals surface area contributed by atoms with Crippen molar-refractivity contribution in [2.24, 2.45) is 0 Å². The van der Waals surface area contributed by atoms with Crippen molar-refractivity contribution in [2.75, 3.05) is 88.3 Å². The molecule has 3 aliphatic rings. The molecule has 0 radical (unpaired) electrons. The van der Waals surface area contributed by atoms with Gasteiger partial charge in [-0.2, -0.15) is 0 Å². The maximum atomic E-state index is 6.44. The van der Waals surface area contributed by atoms with Crippen molar-refractivity contribution < 1.29 is 14.2 Å². The lowest BCUT2D eigenvalue weighted by Crippen LogP contribution is -2.46. The van der Waals surface area contributed by atoms with Gasteiger partial charge in [0.15, 0.2) is 23.1 Å². The van der Waals surface area contributed by atoms with E-state index in [9.17, 15) is 0 Å². The topological polar surface area (TPSA) is 101 Å². The highest BCUT2D eigenvalue weighted by molar-refractivity contribution is 5.75. The van der Waals surface area contributed by atoms with Gasteiger partial charge in [0.2, 0.25) is 6.79 Å². The Hall–Kier alpha value is -2.82. The molecule has 2 saturated heterocycles. The highest BCUT2D eigenvalue weighted by Gasteiger charge is 2.22. The molecule has 2 fully saturated rings. The smallest absolute Gasteiger partial charge is 0.231 e. The van der Waals surface area contributed by atoms with E-state index < -0.39 is 0 Å². The van der Waals surface area contributed by atoms with Crippen LogP contribution in [-0.2, 0) is 11.3 Å². The van der Waals surface area contributed by atoms with Gasteiger partial charge in [-0.3, -0.25) is 9.80 Å². The van der Waals surface area contributed by atoms with Gasteiger partial charge < -0.3 is 30.2 Å². The monoisotopic (exact) mass is 441 g/mol. The Morgan fingerprint density at radius 3 is 2.59 bits per heavy atom. The van der Waals surface area contributed by atoms with Crippen LogP contribution in [0.5, 0.6) is 11.5 Å². The summed E-state index contributed by atoms with van der Waals surface area (Å²) in [6.45, 7) is 10.1. The maximum absolute atomic E-state index is 6.44. The zero-order valence-electron chi connectivity index (χ0n) is 18.3. The Labute approximate surface area is 188 Å². The molecule has 0 saturated carbocycles. The molecule has 0 bridgehead atoms. The van der Waals surface area contributed by atoms with Crippen LogP contribution >= 0.6 is 0 Å². The Kier molecular flexibility index (Phi) is 6.42. The zero-order valence-corrected chi connectivity index (χ0v) is 18.3. The molecule has 3 N–H and O–H groups in total. The van der Waals surface area contributed by atoms with Crippen molar-refractivity contribution in [1.82, 2.24) is 19.8 Å². The van der Waals surface area contributed by atoms with Gasteiger partial charge in [0.05, 0.1) is 13.2 Å². The average molecular weight is 442 g/mol. The number of nitrogens with two attached hydrogens (primary N) is 1. The molecule has 1 aromatic heterocycles. The van der Waals surface area contributed by atoms with Gasteiger partial charge in [0.25, 0.3) is 0 Å². The number of rotatable bonds is 7. The van der Waals surface area contributed by atoms with Gasteiger partial charge in [-0.25, -0.2) is 9.97 Å². The third-order valence-electron chi connectivity index (χ3n) is 6.20. The number of hydrogen-bond donors (Lipinski definition) is 2. The van der Waals surface area contributed by atoms with Crippen LogP contribution in [0, 0.1) is 0 Å². The van der Waals surface area contributed by atoms with Crippen molar-refractivity contribution in [3.8, 4) is 11.5 Å². The van der Waals surface area contributed by atoms with Gasteiger partial charge in [0.1, 0.15) is 12.0 Å². The van der Waals surface area contributed by atoms with E-state index in [4.69, 9.17) is 19.9 Å². The second-order valence-corrected chi connectivity index (χ2v) is 8.29. The van der Waals surface area contributed by atoms with Crippen LogP contribution in [0.1, 0.15) is 5.56 Å². The molecule has 0 amide bonds. The summed E-state index contributed by atoms with van der Waals surface area (Å²) in [7, 11) is 0. The molecule has 2 aromatic rings. The predicted octanol–water partition coefficient (Wildman–Crippen LogP) is 0.854. The normalized spacial score (nSPS) is 19.3. The summed E-state index contributed by atoms with van der Waals surface area (Å²) in [5.74, 6) is 3.19. The van der Waals surface area contributed by atoms with E-state index in [1.807, 2.05) is 6.07 Å². The van der Waals surface area contributed by atoms with E-state index >= 15 is 0 Å². The van der Waals surface area contributed by atoms with Crippen LogP contribution in [-0.4, -0.2) is 92.1 Å². The summed E-state index contributed by atoms with van der Waals surface area (Å²) in [6, 6.07) is 6.17. The molecule has 10 nitrogen and oxygen atoms in total. The van der Waals surface area contributed by atoms with Crippen molar-refractivity contribution in [3.63, 3.8) is 0 Å². The summed E-state index contributed by atoms with van der Waals surface area (Å²) in [6.07, 6.45) is 1.60. The minimum Gasteiger partial charge on any atom is -0.454 e. The second kappa shape index (κ2) is 9.76. The standard InChI is InChI=1S/C22H31N7O3/c23-20-21(24-3-4-27-9-11-30-12-10-27)25-15-26-22(20)29-7-5-28(6-8-29)14-17-1-2-18-19(13-17)32-16-31-18/h1-2,13,15H,3-12,14,16,23H2,(H,24,25,26). The first-order chi connectivity index (χ1) is 15.8. The lowest BCUT2D eigenvalue weighted by atomic mass is 10.1. The van der Waals surface area contributed by atoms with Gasteiger partial charge in [0, 0.05) is 58.9 Å². The SMILES string of the molecule is Nc1c(NCCN2CCOCC2)ncnc1N1CCN(Cc2ccc3c(c2)OCO3)CC1. The number of morpholine rings is 1. The second-order valence-electron chi connectivity index (χ2n) is 8.29. The van der Waals surface area contributed by atoms with Crippen molar-refractivity contribution in [1.29, 1.82) is 0 Å². The Morgan fingerprint density at radius 2 is 1.75 bits per heavy atom. The summed E-state index contributed by atoms with van der Waals surface area (Å²) in [5, 5.41) is 3.38. The van der Waals surface area contributed by atoms with Crippen LogP contribution < -0.4 is 25.4 Å². The molecular weight excluding hydrogens is 410 g/mol. The van der Waals surface area contributed by atoms with Crippen molar-refractivity contribution in [3.05, 3.63) is 30.1 Å². The summed E-state index contributed by atoms with van der Waals surface area (Å²) in [4.78, 5) is 15.9. The summed E-state index contributed by atoms with van der Waals surface area (Å²) in [5.41, 5.74) is 8.30. The third-order valence-corrected chi connectivity index (χ3v) is 6.20. The van der Waals surface area contributed by atoms with Crippen LogP contribution in [0.15, 0.2) is 24.5 Å². The number of nitrogens with zero attached hydrogens (tertiary/aromatic N) is 5. The molecule has 0 unspecified atom stereocenters. The quantitative estimate of drug-likeness (QED) is 0.643. The van der Waals surface area contributed by atoms with Gasteiger partial charge >= 0.3 is 0 Å². The lowest BCUT2D eigenvalue weighted by molar-refractivity contribution is 0.0398. The number of piperazine rings is 1. The largest absolute Gasteiger partial charge is 0.454 e. The van der Waals surface area contributed by atoms with E-state index in [0.29, 0.717) is 18.3 Å². The number of ether oxygens (including phenoxy) is 3. The first kappa shape index (κ1) is 21.0. The van der Waals surface area contributed by atoms with Crippen LogP contribution in [0.2, 0.25) is 0 Å². The molecule has 3 aliphatic heterocycles.